The Morgan fingerprint density at radius 3 is 2.77 bits per heavy atom. The van der Waals surface area contributed by atoms with Crippen molar-refractivity contribution in [3.05, 3.63) is 48.3 Å². The Morgan fingerprint density at radius 1 is 1.20 bits per heavy atom. The summed E-state index contributed by atoms with van der Waals surface area (Å²) in [6.07, 6.45) is 5.16. The molecule has 0 spiro atoms. The molecule has 1 aromatic carbocycles. The fraction of sp³-hybridized carbons (Fsp3) is 0.462. The number of carbonyl (C=O) groups excluding carboxylic acids is 1. The maximum Gasteiger partial charge on any atom is 0.306 e. The first-order chi connectivity index (χ1) is 17.0. The van der Waals surface area contributed by atoms with Crippen LogP contribution in [-0.4, -0.2) is 63.3 Å². The van der Waals surface area contributed by atoms with E-state index in [1.165, 1.54) is 0 Å². The molecule has 0 unspecified atom stereocenters. The molecule has 8 nitrogen and oxygen atoms in total. The van der Waals surface area contributed by atoms with E-state index in [2.05, 4.69) is 9.97 Å². The number of nitrogens with zero attached hydrogens (tertiary/aromatic N) is 3. The number of aromatic nitrogens is 2. The highest BCUT2D eigenvalue weighted by molar-refractivity contribution is 5.82. The van der Waals surface area contributed by atoms with Crippen molar-refractivity contribution in [2.75, 3.05) is 13.2 Å². The van der Waals surface area contributed by atoms with Gasteiger partial charge >= 0.3 is 5.97 Å². The molecular weight excluding hydrogens is 453 g/mol. The van der Waals surface area contributed by atoms with Gasteiger partial charge in [-0.05, 0) is 55.5 Å². The molecule has 1 aliphatic heterocycles. The molecule has 2 aromatic heterocycles. The number of halogens is 1. The van der Waals surface area contributed by atoms with Crippen molar-refractivity contribution in [1.29, 1.82) is 0 Å². The minimum absolute atomic E-state index is 0.0379. The van der Waals surface area contributed by atoms with Gasteiger partial charge in [-0.1, -0.05) is 6.07 Å². The zero-order valence-corrected chi connectivity index (χ0v) is 19.3. The van der Waals surface area contributed by atoms with Crippen molar-refractivity contribution in [3.63, 3.8) is 0 Å². The van der Waals surface area contributed by atoms with Gasteiger partial charge in [0, 0.05) is 18.8 Å². The topological polar surface area (TPSA) is 106 Å². The summed E-state index contributed by atoms with van der Waals surface area (Å²) < 4.78 is 26.1. The third kappa shape index (κ3) is 5.35. The molecule has 2 fully saturated rings. The number of carboxylic acids is 1. The summed E-state index contributed by atoms with van der Waals surface area (Å²) in [5, 5.41) is 9.15. The number of hydrogen-bond donors (Lipinski definition) is 1. The van der Waals surface area contributed by atoms with E-state index in [9.17, 15) is 14.0 Å². The molecule has 9 heteroatoms. The third-order valence-corrected chi connectivity index (χ3v) is 6.95. The Morgan fingerprint density at radius 2 is 2.03 bits per heavy atom. The van der Waals surface area contributed by atoms with Crippen LogP contribution >= 0.6 is 0 Å². The Labute approximate surface area is 202 Å². The fourth-order valence-electron chi connectivity index (χ4n) is 5.01. The SMILES string of the molecule is O=C(Cc1ccc2nc(-c3cccnc3)oc2c1)N1C[C@@H](F)C[C@H]1CO[C@H]1CC[C@H](C(=O)O)CC1. The number of likely N-dealkylation sites (tertiary alicyclic amines) is 1. The van der Waals surface area contributed by atoms with Crippen LogP contribution in [0.15, 0.2) is 47.1 Å². The van der Waals surface area contributed by atoms with Crippen LogP contribution in [0.1, 0.15) is 37.7 Å². The van der Waals surface area contributed by atoms with Crippen molar-refractivity contribution in [2.24, 2.45) is 5.92 Å². The van der Waals surface area contributed by atoms with Crippen LogP contribution in [0.25, 0.3) is 22.6 Å². The summed E-state index contributed by atoms with van der Waals surface area (Å²) in [6.45, 7) is 0.332. The Bertz CT molecular complexity index is 1190. The number of carboxylic acid groups (broad SMARTS) is 1. The molecule has 1 aliphatic carbocycles. The van der Waals surface area contributed by atoms with E-state index in [0.717, 1.165) is 11.1 Å². The highest BCUT2D eigenvalue weighted by atomic mass is 19.1. The van der Waals surface area contributed by atoms with E-state index < -0.39 is 12.1 Å². The first-order valence-corrected chi connectivity index (χ1v) is 12.0. The quantitative estimate of drug-likeness (QED) is 0.543. The summed E-state index contributed by atoms with van der Waals surface area (Å²) >= 11 is 0. The number of alkyl halides is 1. The normalized spacial score (nSPS) is 24.7. The van der Waals surface area contributed by atoms with Gasteiger partial charge in [-0.2, -0.15) is 0 Å². The van der Waals surface area contributed by atoms with Gasteiger partial charge in [0.05, 0.1) is 43.2 Å². The van der Waals surface area contributed by atoms with Gasteiger partial charge in [0.1, 0.15) is 11.7 Å². The highest BCUT2D eigenvalue weighted by Gasteiger charge is 2.36. The van der Waals surface area contributed by atoms with Gasteiger partial charge in [0.25, 0.3) is 0 Å². The molecular formula is C26H28FN3O5. The second-order valence-electron chi connectivity index (χ2n) is 9.42. The van der Waals surface area contributed by atoms with Crippen molar-refractivity contribution in [3.8, 4) is 11.5 Å². The molecule has 2 aliphatic rings. The second-order valence-corrected chi connectivity index (χ2v) is 9.42. The van der Waals surface area contributed by atoms with Crippen LogP contribution in [0.5, 0.6) is 0 Å². The van der Waals surface area contributed by atoms with E-state index in [-0.39, 0.29) is 50.0 Å². The lowest BCUT2D eigenvalue weighted by Crippen LogP contribution is -2.40. The standard InChI is InChI=1S/C26H28FN3O5/c27-19-12-20(15-34-21-6-4-17(5-7-21)26(32)33)30(14-19)24(31)11-16-3-8-22-23(10-16)35-25(29-22)18-2-1-9-28-13-18/h1-3,8-10,13,17,19-21H,4-7,11-12,14-15H2,(H,32,33)/t17-,19-,20-,21-/m0/s1. The van der Waals surface area contributed by atoms with Gasteiger partial charge in [0.2, 0.25) is 11.8 Å². The second kappa shape index (κ2) is 10.1. The van der Waals surface area contributed by atoms with Crippen molar-refractivity contribution in [1.82, 2.24) is 14.9 Å². The van der Waals surface area contributed by atoms with Gasteiger partial charge in [0.15, 0.2) is 5.58 Å². The average Bonchev–Trinajstić information content (AvgIpc) is 3.46. The predicted molar refractivity (Wildman–Crippen MR) is 125 cm³/mol. The highest BCUT2D eigenvalue weighted by Crippen LogP contribution is 2.29. The van der Waals surface area contributed by atoms with E-state index in [1.807, 2.05) is 24.3 Å². The van der Waals surface area contributed by atoms with E-state index in [4.69, 9.17) is 14.3 Å². The lowest BCUT2D eigenvalue weighted by Gasteiger charge is -2.29. The van der Waals surface area contributed by atoms with Crippen molar-refractivity contribution >= 4 is 23.0 Å². The molecule has 5 rings (SSSR count). The van der Waals surface area contributed by atoms with E-state index in [0.29, 0.717) is 42.7 Å². The minimum atomic E-state index is -1.07. The number of rotatable bonds is 7. The van der Waals surface area contributed by atoms with Crippen molar-refractivity contribution < 1.29 is 28.2 Å². The Balaban J connectivity index is 1.20. The molecule has 1 saturated carbocycles. The molecule has 3 heterocycles. The van der Waals surface area contributed by atoms with E-state index >= 15 is 0 Å². The molecule has 1 saturated heterocycles. The lowest BCUT2D eigenvalue weighted by molar-refractivity contribution is -0.144. The van der Waals surface area contributed by atoms with Crippen LogP contribution in [0.4, 0.5) is 4.39 Å². The molecule has 184 valence electrons. The fourth-order valence-corrected chi connectivity index (χ4v) is 5.01. The maximum atomic E-state index is 14.3. The number of amides is 1. The van der Waals surface area contributed by atoms with Gasteiger partial charge in [-0.15, -0.1) is 0 Å². The van der Waals surface area contributed by atoms with Crippen molar-refractivity contribution in [2.45, 2.75) is 56.8 Å². The molecule has 1 amide bonds. The lowest BCUT2D eigenvalue weighted by atomic mass is 9.87. The summed E-state index contributed by atoms with van der Waals surface area (Å²) in [5.74, 6) is -0.754. The Kier molecular flexibility index (Phi) is 6.77. The zero-order valence-electron chi connectivity index (χ0n) is 19.3. The molecule has 1 N–H and O–H groups in total. The maximum absolute atomic E-state index is 14.3. The number of aliphatic carboxylic acids is 1. The van der Waals surface area contributed by atoms with Gasteiger partial charge in [-0.25, -0.2) is 9.37 Å². The van der Waals surface area contributed by atoms with Gasteiger partial charge < -0.3 is 19.2 Å². The third-order valence-electron chi connectivity index (χ3n) is 6.95. The number of ether oxygens (including phenoxy) is 1. The molecule has 0 radical (unpaired) electrons. The molecule has 2 atom stereocenters. The molecule has 3 aromatic rings. The largest absolute Gasteiger partial charge is 0.481 e. The minimum Gasteiger partial charge on any atom is -0.481 e. The Hall–Kier alpha value is -3.33. The first kappa shape index (κ1) is 23.4. The zero-order chi connectivity index (χ0) is 24.4. The number of pyridine rings is 1. The number of oxazole rings is 1. The number of fused-ring (bicyclic) bond motifs is 1. The number of benzene rings is 1. The van der Waals surface area contributed by atoms with E-state index in [1.54, 1.807) is 23.4 Å². The summed E-state index contributed by atoms with van der Waals surface area (Å²) in [5.41, 5.74) is 2.81. The summed E-state index contributed by atoms with van der Waals surface area (Å²) in [6, 6.07) is 8.81. The molecule has 0 bridgehead atoms. The number of hydrogen-bond acceptors (Lipinski definition) is 6. The smallest absolute Gasteiger partial charge is 0.306 e. The first-order valence-electron chi connectivity index (χ1n) is 12.0. The predicted octanol–water partition coefficient (Wildman–Crippen LogP) is 4.03. The van der Waals surface area contributed by atoms with Crippen LogP contribution in [0.3, 0.4) is 0 Å². The average molecular weight is 482 g/mol. The van der Waals surface area contributed by atoms with Crippen LogP contribution in [-0.2, 0) is 20.7 Å². The molecule has 35 heavy (non-hydrogen) atoms. The van der Waals surface area contributed by atoms with Crippen LogP contribution < -0.4 is 0 Å². The summed E-state index contributed by atoms with van der Waals surface area (Å²) in [7, 11) is 0. The van der Waals surface area contributed by atoms with Crippen LogP contribution in [0, 0.1) is 5.92 Å². The number of carbonyl (C=O) groups is 2. The van der Waals surface area contributed by atoms with Crippen LogP contribution in [0.2, 0.25) is 0 Å². The monoisotopic (exact) mass is 481 g/mol. The summed E-state index contributed by atoms with van der Waals surface area (Å²) in [4.78, 5) is 34.4. The van der Waals surface area contributed by atoms with Gasteiger partial charge in [-0.3, -0.25) is 14.6 Å².